The molecule has 0 aliphatic carbocycles. The number of nitrogens with zero attached hydrogens (tertiary/aromatic N) is 1. The molecule has 1 aromatic carbocycles. The molecule has 0 unspecified atom stereocenters. The summed E-state index contributed by atoms with van der Waals surface area (Å²) in [4.78, 5) is 14.8. The number of hydrogen-bond acceptors (Lipinski definition) is 5. The molecule has 21 heavy (non-hydrogen) atoms. The number of aromatic carboxylic acids is 1. The third-order valence-electron chi connectivity index (χ3n) is 2.75. The number of pyridine rings is 1. The van der Waals surface area contributed by atoms with E-state index in [2.05, 4.69) is 10.3 Å². The van der Waals surface area contributed by atoms with Crippen molar-refractivity contribution in [2.75, 3.05) is 17.7 Å². The minimum atomic E-state index is -1.06. The first-order valence-corrected chi connectivity index (χ1v) is 6.59. The van der Waals surface area contributed by atoms with Crippen molar-refractivity contribution in [3.05, 3.63) is 42.1 Å². The van der Waals surface area contributed by atoms with Gasteiger partial charge in [-0.3, -0.25) is 0 Å². The lowest BCUT2D eigenvalue weighted by Crippen LogP contribution is -2.04. The van der Waals surface area contributed by atoms with Gasteiger partial charge in [-0.25, -0.2) is 9.78 Å². The van der Waals surface area contributed by atoms with Gasteiger partial charge in [0.15, 0.2) is 5.82 Å². The standard InChI is InChI=1S/C15H17N3O3/c1-2-7-21-12-5-3-11(4-6-12)18-14-13(16)8-10(9-17-14)15(19)20/h3-6,8-9H,2,7,16H2,1H3,(H,17,18)(H,19,20). The van der Waals surface area contributed by atoms with E-state index in [4.69, 9.17) is 15.6 Å². The van der Waals surface area contributed by atoms with Gasteiger partial charge in [-0.15, -0.1) is 0 Å². The molecule has 110 valence electrons. The van der Waals surface area contributed by atoms with Crippen molar-refractivity contribution >= 4 is 23.2 Å². The number of aromatic nitrogens is 1. The van der Waals surface area contributed by atoms with Crippen molar-refractivity contribution in [2.24, 2.45) is 0 Å². The number of hydrogen-bond donors (Lipinski definition) is 3. The number of anilines is 3. The van der Waals surface area contributed by atoms with E-state index in [1.54, 1.807) is 0 Å². The molecule has 0 amide bonds. The van der Waals surface area contributed by atoms with Crippen LogP contribution in [0.25, 0.3) is 0 Å². The van der Waals surface area contributed by atoms with Crippen LogP contribution in [0.3, 0.4) is 0 Å². The molecule has 2 aromatic rings. The van der Waals surface area contributed by atoms with E-state index in [-0.39, 0.29) is 11.3 Å². The summed E-state index contributed by atoms with van der Waals surface area (Å²) in [5.41, 5.74) is 6.92. The van der Waals surface area contributed by atoms with Crippen LogP contribution in [0.4, 0.5) is 17.2 Å². The molecule has 0 bridgehead atoms. The van der Waals surface area contributed by atoms with E-state index in [0.29, 0.717) is 12.4 Å². The number of nitrogens with one attached hydrogen (secondary N) is 1. The summed E-state index contributed by atoms with van der Waals surface area (Å²) < 4.78 is 5.49. The smallest absolute Gasteiger partial charge is 0.337 e. The average Bonchev–Trinajstić information content (AvgIpc) is 2.48. The van der Waals surface area contributed by atoms with Crippen LogP contribution in [-0.2, 0) is 0 Å². The SMILES string of the molecule is CCCOc1ccc(Nc2ncc(C(=O)O)cc2N)cc1. The zero-order valence-electron chi connectivity index (χ0n) is 11.7. The topological polar surface area (TPSA) is 97.5 Å². The number of nitrogen functional groups attached to an aromatic ring is 1. The van der Waals surface area contributed by atoms with Crippen LogP contribution in [-0.4, -0.2) is 22.7 Å². The lowest BCUT2D eigenvalue weighted by Gasteiger charge is -2.10. The van der Waals surface area contributed by atoms with Crippen molar-refractivity contribution in [1.82, 2.24) is 4.98 Å². The molecular formula is C15H17N3O3. The number of ether oxygens (including phenoxy) is 1. The lowest BCUT2D eigenvalue weighted by molar-refractivity contribution is 0.0696. The fourth-order valence-electron chi connectivity index (χ4n) is 1.69. The summed E-state index contributed by atoms with van der Waals surface area (Å²) in [6, 6.07) is 8.75. The number of carbonyl (C=O) groups is 1. The van der Waals surface area contributed by atoms with E-state index in [9.17, 15) is 4.79 Å². The second-order valence-corrected chi connectivity index (χ2v) is 4.46. The fraction of sp³-hybridized carbons (Fsp3) is 0.200. The Balaban J connectivity index is 2.09. The molecule has 0 radical (unpaired) electrons. The Morgan fingerprint density at radius 3 is 2.67 bits per heavy atom. The van der Waals surface area contributed by atoms with Crippen LogP contribution in [0.1, 0.15) is 23.7 Å². The molecule has 0 aliphatic rings. The number of benzene rings is 1. The summed E-state index contributed by atoms with van der Waals surface area (Å²) in [6.45, 7) is 2.73. The summed E-state index contributed by atoms with van der Waals surface area (Å²) in [6.07, 6.45) is 2.22. The Bertz CT molecular complexity index is 627. The fourth-order valence-corrected chi connectivity index (χ4v) is 1.69. The maximum atomic E-state index is 10.8. The normalized spacial score (nSPS) is 10.1. The predicted octanol–water partition coefficient (Wildman–Crippen LogP) is 2.89. The molecule has 6 nitrogen and oxygen atoms in total. The van der Waals surface area contributed by atoms with Crippen molar-refractivity contribution < 1.29 is 14.6 Å². The highest BCUT2D eigenvalue weighted by Gasteiger charge is 2.08. The molecule has 2 rings (SSSR count). The summed E-state index contributed by atoms with van der Waals surface area (Å²) in [5, 5.41) is 11.9. The predicted molar refractivity (Wildman–Crippen MR) is 81.1 cm³/mol. The Labute approximate surface area is 122 Å². The largest absolute Gasteiger partial charge is 0.494 e. The summed E-state index contributed by atoms with van der Waals surface area (Å²) >= 11 is 0. The molecular weight excluding hydrogens is 270 g/mol. The Kier molecular flexibility index (Phi) is 4.61. The average molecular weight is 287 g/mol. The highest BCUT2D eigenvalue weighted by atomic mass is 16.5. The zero-order valence-corrected chi connectivity index (χ0v) is 11.7. The maximum Gasteiger partial charge on any atom is 0.337 e. The van der Waals surface area contributed by atoms with Crippen LogP contribution in [0.15, 0.2) is 36.5 Å². The molecule has 0 fully saturated rings. The van der Waals surface area contributed by atoms with Gasteiger partial charge in [-0.05, 0) is 36.8 Å². The van der Waals surface area contributed by atoms with Gasteiger partial charge in [0.25, 0.3) is 0 Å². The van der Waals surface area contributed by atoms with E-state index in [1.807, 2.05) is 31.2 Å². The maximum absolute atomic E-state index is 10.8. The number of carboxylic acids is 1. The molecule has 1 aromatic heterocycles. The molecule has 0 aliphatic heterocycles. The van der Waals surface area contributed by atoms with E-state index in [0.717, 1.165) is 17.9 Å². The van der Waals surface area contributed by atoms with Crippen molar-refractivity contribution in [1.29, 1.82) is 0 Å². The molecule has 1 heterocycles. The molecule has 0 saturated carbocycles. The third-order valence-corrected chi connectivity index (χ3v) is 2.75. The Hall–Kier alpha value is -2.76. The van der Waals surface area contributed by atoms with Crippen LogP contribution < -0.4 is 15.8 Å². The van der Waals surface area contributed by atoms with Gasteiger partial charge in [0.2, 0.25) is 0 Å². The van der Waals surface area contributed by atoms with Gasteiger partial charge >= 0.3 is 5.97 Å². The minimum absolute atomic E-state index is 0.0568. The van der Waals surface area contributed by atoms with Gasteiger partial charge < -0.3 is 20.9 Å². The second-order valence-electron chi connectivity index (χ2n) is 4.46. The van der Waals surface area contributed by atoms with Gasteiger partial charge in [-0.2, -0.15) is 0 Å². The first-order chi connectivity index (χ1) is 10.1. The summed E-state index contributed by atoms with van der Waals surface area (Å²) in [5.74, 6) is 0.157. The van der Waals surface area contributed by atoms with E-state index in [1.165, 1.54) is 12.3 Å². The van der Waals surface area contributed by atoms with Crippen LogP contribution in [0.2, 0.25) is 0 Å². The molecule has 4 N–H and O–H groups in total. The quantitative estimate of drug-likeness (QED) is 0.755. The van der Waals surface area contributed by atoms with Crippen molar-refractivity contribution in [3.8, 4) is 5.75 Å². The van der Waals surface area contributed by atoms with Crippen molar-refractivity contribution in [3.63, 3.8) is 0 Å². The monoisotopic (exact) mass is 287 g/mol. The number of nitrogens with two attached hydrogens (primary N) is 1. The number of rotatable bonds is 6. The summed E-state index contributed by atoms with van der Waals surface area (Å²) in [7, 11) is 0. The molecule has 0 atom stereocenters. The highest BCUT2D eigenvalue weighted by Crippen LogP contribution is 2.23. The zero-order chi connectivity index (χ0) is 15.2. The van der Waals surface area contributed by atoms with E-state index >= 15 is 0 Å². The van der Waals surface area contributed by atoms with Crippen LogP contribution in [0.5, 0.6) is 5.75 Å². The Morgan fingerprint density at radius 1 is 1.38 bits per heavy atom. The van der Waals surface area contributed by atoms with Gasteiger partial charge in [0.1, 0.15) is 5.75 Å². The number of carboxylic acid groups (broad SMARTS) is 1. The first kappa shape index (κ1) is 14.6. The Morgan fingerprint density at radius 2 is 2.10 bits per heavy atom. The van der Waals surface area contributed by atoms with Crippen LogP contribution in [0, 0.1) is 0 Å². The van der Waals surface area contributed by atoms with Gasteiger partial charge in [0.05, 0.1) is 17.9 Å². The van der Waals surface area contributed by atoms with Gasteiger partial charge in [0, 0.05) is 11.9 Å². The first-order valence-electron chi connectivity index (χ1n) is 6.59. The molecule has 6 heteroatoms. The minimum Gasteiger partial charge on any atom is -0.494 e. The third kappa shape index (κ3) is 3.85. The highest BCUT2D eigenvalue weighted by molar-refractivity contribution is 5.89. The van der Waals surface area contributed by atoms with Crippen molar-refractivity contribution in [2.45, 2.75) is 13.3 Å². The lowest BCUT2D eigenvalue weighted by atomic mass is 10.2. The molecule has 0 spiro atoms. The van der Waals surface area contributed by atoms with E-state index < -0.39 is 5.97 Å². The van der Waals surface area contributed by atoms with Gasteiger partial charge in [-0.1, -0.05) is 6.92 Å². The second kappa shape index (κ2) is 6.60. The molecule has 0 saturated heterocycles. The van der Waals surface area contributed by atoms with Crippen LogP contribution >= 0.6 is 0 Å².